The van der Waals surface area contributed by atoms with E-state index in [2.05, 4.69) is 20.7 Å². The lowest BCUT2D eigenvalue weighted by Crippen LogP contribution is -2.45. The first-order valence-electron chi connectivity index (χ1n) is 9.87. The maximum absolute atomic E-state index is 12.8. The van der Waals surface area contributed by atoms with Crippen molar-refractivity contribution in [3.8, 4) is 0 Å². The number of alkyl carbamates (subject to hydrolysis) is 1. The molecule has 170 valence electrons. The highest BCUT2D eigenvalue weighted by Gasteiger charge is 2.24. The van der Waals surface area contributed by atoms with Crippen molar-refractivity contribution >= 4 is 38.6 Å². The van der Waals surface area contributed by atoms with E-state index in [1.807, 2.05) is 25.1 Å². The van der Waals surface area contributed by atoms with Crippen molar-refractivity contribution in [3.05, 3.63) is 53.9 Å². The zero-order valence-electron chi connectivity index (χ0n) is 18.0. The topological polar surface area (TPSA) is 132 Å². The molecule has 1 atom stereocenters. The summed E-state index contributed by atoms with van der Waals surface area (Å²) < 4.78 is 30.0. The molecule has 0 aliphatic heterocycles. The molecule has 3 aromatic rings. The minimum atomic E-state index is -3.34. The summed E-state index contributed by atoms with van der Waals surface area (Å²) in [4.78, 5) is 29.4. The summed E-state index contributed by atoms with van der Waals surface area (Å²) in [7, 11) is -1.57. The van der Waals surface area contributed by atoms with Crippen LogP contribution in [0.3, 0.4) is 0 Å². The molecule has 3 rings (SSSR count). The van der Waals surface area contributed by atoms with Crippen LogP contribution in [0.2, 0.25) is 0 Å². The van der Waals surface area contributed by atoms with Gasteiger partial charge in [0.05, 0.1) is 23.3 Å². The van der Waals surface area contributed by atoms with Gasteiger partial charge in [-0.1, -0.05) is 30.3 Å². The Balaban J connectivity index is 1.70. The second-order valence-electron chi connectivity index (χ2n) is 7.47. The van der Waals surface area contributed by atoms with Gasteiger partial charge in [0, 0.05) is 18.7 Å². The van der Waals surface area contributed by atoms with Crippen LogP contribution < -0.4 is 10.6 Å². The minimum absolute atomic E-state index is 0.0218. The van der Waals surface area contributed by atoms with Crippen LogP contribution in [0.15, 0.2) is 42.6 Å². The number of rotatable bonds is 8. The molecule has 0 saturated heterocycles. The summed E-state index contributed by atoms with van der Waals surface area (Å²) in [5.74, 6) is -0.851. The number of anilines is 1. The molecule has 0 bridgehead atoms. The van der Waals surface area contributed by atoms with Crippen LogP contribution in [-0.4, -0.2) is 53.2 Å². The van der Waals surface area contributed by atoms with Crippen molar-refractivity contribution in [3.63, 3.8) is 0 Å². The largest absolute Gasteiger partial charge is 0.445 e. The molecule has 0 spiro atoms. The summed E-state index contributed by atoms with van der Waals surface area (Å²) >= 11 is 0. The number of hydrogen-bond donors (Lipinski definition) is 2. The lowest BCUT2D eigenvalue weighted by atomic mass is 10.2. The molecule has 10 nitrogen and oxygen atoms in total. The van der Waals surface area contributed by atoms with Crippen LogP contribution in [0.1, 0.15) is 17.7 Å². The third-order valence-corrected chi connectivity index (χ3v) is 5.71. The van der Waals surface area contributed by atoms with Crippen LogP contribution >= 0.6 is 0 Å². The van der Waals surface area contributed by atoms with Crippen LogP contribution in [0.4, 0.5) is 10.5 Å². The summed E-state index contributed by atoms with van der Waals surface area (Å²) in [5, 5.41) is 10.2. The van der Waals surface area contributed by atoms with E-state index in [4.69, 9.17) is 4.74 Å². The number of nitrogens with one attached hydrogen (secondary N) is 2. The first-order valence-corrected chi connectivity index (χ1v) is 11.9. The molecular weight excluding hydrogens is 434 g/mol. The molecule has 1 aromatic carbocycles. The Morgan fingerprint density at radius 3 is 2.62 bits per heavy atom. The van der Waals surface area contributed by atoms with E-state index in [0.717, 1.165) is 22.9 Å². The number of carbonyl (C=O) groups excluding carboxylic acids is 2. The van der Waals surface area contributed by atoms with Gasteiger partial charge in [0.1, 0.15) is 22.5 Å². The van der Waals surface area contributed by atoms with Crippen molar-refractivity contribution in [1.29, 1.82) is 0 Å². The molecule has 2 N–H and O–H groups in total. The summed E-state index contributed by atoms with van der Waals surface area (Å²) in [5.41, 5.74) is 2.60. The van der Waals surface area contributed by atoms with Crippen LogP contribution in [0.25, 0.3) is 11.0 Å². The van der Waals surface area contributed by atoms with Gasteiger partial charge in [-0.15, -0.1) is 0 Å². The fraction of sp³-hybridized carbons (Fsp3) is 0.333. The van der Waals surface area contributed by atoms with Crippen LogP contribution in [0.5, 0.6) is 0 Å². The molecule has 2 heterocycles. The quantitative estimate of drug-likeness (QED) is 0.526. The van der Waals surface area contributed by atoms with Gasteiger partial charge in [-0.3, -0.25) is 9.48 Å². The van der Waals surface area contributed by atoms with E-state index in [9.17, 15) is 18.0 Å². The highest BCUT2D eigenvalue weighted by molar-refractivity contribution is 7.90. The van der Waals surface area contributed by atoms with E-state index in [0.29, 0.717) is 11.3 Å². The Labute approximate surface area is 185 Å². The summed E-state index contributed by atoms with van der Waals surface area (Å²) in [6.07, 6.45) is 1.62. The van der Waals surface area contributed by atoms with E-state index in [1.54, 1.807) is 29.9 Å². The number of amides is 2. The van der Waals surface area contributed by atoms with Gasteiger partial charge >= 0.3 is 6.09 Å². The second-order valence-corrected chi connectivity index (χ2v) is 9.73. The predicted molar refractivity (Wildman–Crippen MR) is 120 cm³/mol. The summed E-state index contributed by atoms with van der Waals surface area (Å²) in [6, 6.07) is 9.67. The number of aryl methyl sites for hydroxylation is 2. The highest BCUT2D eigenvalue weighted by atomic mass is 32.2. The highest BCUT2D eigenvalue weighted by Crippen LogP contribution is 2.19. The van der Waals surface area contributed by atoms with Crippen molar-refractivity contribution in [1.82, 2.24) is 20.1 Å². The van der Waals surface area contributed by atoms with Gasteiger partial charge in [0.2, 0.25) is 5.91 Å². The number of benzene rings is 1. The third kappa shape index (κ3) is 6.27. The van der Waals surface area contributed by atoms with Gasteiger partial charge in [-0.2, -0.15) is 5.10 Å². The number of pyridine rings is 1. The number of fused-ring (bicyclic) bond motifs is 1. The maximum atomic E-state index is 12.8. The zero-order chi connectivity index (χ0) is 23.3. The Kier molecular flexibility index (Phi) is 7.08. The van der Waals surface area contributed by atoms with Gasteiger partial charge < -0.3 is 15.4 Å². The average Bonchev–Trinajstić information content (AvgIpc) is 3.02. The number of hydrogen-bond acceptors (Lipinski definition) is 7. The average molecular weight is 460 g/mol. The Morgan fingerprint density at radius 2 is 1.94 bits per heavy atom. The van der Waals surface area contributed by atoms with Crippen molar-refractivity contribution in [2.24, 2.45) is 7.05 Å². The van der Waals surface area contributed by atoms with E-state index in [-0.39, 0.29) is 18.8 Å². The molecule has 0 saturated carbocycles. The Hall–Kier alpha value is -3.47. The monoisotopic (exact) mass is 459 g/mol. The van der Waals surface area contributed by atoms with Crippen molar-refractivity contribution < 1.29 is 22.7 Å². The number of nitrogens with zero attached hydrogens (tertiary/aromatic N) is 3. The normalized spacial score (nSPS) is 12.3. The first kappa shape index (κ1) is 23.2. The Morgan fingerprint density at radius 1 is 1.22 bits per heavy atom. The van der Waals surface area contributed by atoms with Crippen LogP contribution in [0, 0.1) is 6.92 Å². The fourth-order valence-corrected chi connectivity index (χ4v) is 3.78. The van der Waals surface area contributed by atoms with Gasteiger partial charge in [-0.25, -0.2) is 18.2 Å². The molecule has 0 aliphatic carbocycles. The third-order valence-electron chi connectivity index (χ3n) is 4.73. The number of sulfone groups is 1. The fourth-order valence-electron chi connectivity index (χ4n) is 3.11. The molecule has 0 fully saturated rings. The van der Waals surface area contributed by atoms with E-state index >= 15 is 0 Å². The number of ether oxygens (including phenoxy) is 1. The van der Waals surface area contributed by atoms with Crippen molar-refractivity contribution in [2.45, 2.75) is 26.0 Å². The number of carbonyl (C=O) groups is 2. The molecule has 11 heteroatoms. The molecule has 1 unspecified atom stereocenters. The first-order chi connectivity index (χ1) is 15.1. The molecular formula is C21H25N5O5S. The molecule has 0 radical (unpaired) electrons. The van der Waals surface area contributed by atoms with Gasteiger partial charge in [0.15, 0.2) is 5.65 Å². The molecule has 2 aromatic heterocycles. The Bertz CT molecular complexity index is 1220. The van der Waals surface area contributed by atoms with Crippen LogP contribution in [-0.2, 0) is 33.0 Å². The maximum Gasteiger partial charge on any atom is 0.408 e. The SMILES string of the molecule is Cc1nn(C)c2ncc(NC(=O)C(CCS(C)(=O)=O)NC(=O)OCc3ccccc3)cc12. The van der Waals surface area contributed by atoms with Gasteiger partial charge in [-0.05, 0) is 25.0 Å². The predicted octanol–water partition coefficient (Wildman–Crippen LogP) is 1.94. The smallest absolute Gasteiger partial charge is 0.408 e. The molecule has 2 amide bonds. The minimum Gasteiger partial charge on any atom is -0.445 e. The van der Waals surface area contributed by atoms with Crippen molar-refractivity contribution in [2.75, 3.05) is 17.3 Å². The number of aromatic nitrogens is 3. The zero-order valence-corrected chi connectivity index (χ0v) is 18.8. The second kappa shape index (κ2) is 9.77. The standard InChI is InChI=1S/C21H25N5O5S/c1-14-17-11-16(12-22-19(17)26(2)25-14)23-20(27)18(9-10-32(3,29)30)24-21(28)31-13-15-7-5-4-6-8-15/h4-8,11-12,18H,9-10,13H2,1-3H3,(H,23,27)(H,24,28). The van der Waals surface area contributed by atoms with E-state index in [1.165, 1.54) is 6.20 Å². The van der Waals surface area contributed by atoms with E-state index < -0.39 is 27.9 Å². The molecule has 0 aliphatic rings. The molecule has 32 heavy (non-hydrogen) atoms. The summed E-state index contributed by atoms with van der Waals surface area (Å²) in [6.45, 7) is 1.85. The van der Waals surface area contributed by atoms with Gasteiger partial charge in [0.25, 0.3) is 0 Å². The lowest BCUT2D eigenvalue weighted by Gasteiger charge is -2.18. The lowest BCUT2D eigenvalue weighted by molar-refractivity contribution is -0.118.